The number of tetrazole rings is 1. The monoisotopic (exact) mass is 407 g/mol. The molecule has 1 amide bonds. The molecule has 27 heavy (non-hydrogen) atoms. The number of hydrogen-bond donors (Lipinski definition) is 1. The van der Waals surface area contributed by atoms with Crippen molar-refractivity contribution >= 4 is 40.5 Å². The average molecular weight is 408 g/mol. The van der Waals surface area contributed by atoms with Gasteiger partial charge in [0.1, 0.15) is 17.0 Å². The predicted molar refractivity (Wildman–Crippen MR) is 98.7 cm³/mol. The van der Waals surface area contributed by atoms with E-state index in [1.807, 2.05) is 0 Å². The van der Waals surface area contributed by atoms with Gasteiger partial charge in [0, 0.05) is 11.1 Å². The third-order valence-electron chi connectivity index (χ3n) is 3.51. The van der Waals surface area contributed by atoms with Crippen LogP contribution in [0.5, 0.6) is 5.75 Å². The Morgan fingerprint density at radius 2 is 2.19 bits per heavy atom. The molecule has 0 fully saturated rings. The van der Waals surface area contributed by atoms with Gasteiger partial charge in [-0.25, -0.2) is 4.79 Å². The Labute approximate surface area is 162 Å². The van der Waals surface area contributed by atoms with Gasteiger partial charge in [0.15, 0.2) is 6.61 Å². The number of aryl methyl sites for hydroxylation is 1. The van der Waals surface area contributed by atoms with Gasteiger partial charge < -0.3 is 14.8 Å². The lowest BCUT2D eigenvalue weighted by Crippen LogP contribution is -2.21. The highest BCUT2D eigenvalue weighted by molar-refractivity contribution is 7.12. The smallest absolute Gasteiger partial charge is 0.351 e. The molecule has 1 aromatic carbocycles. The minimum atomic E-state index is -0.648. The first kappa shape index (κ1) is 18.8. The molecule has 0 saturated carbocycles. The first-order valence-corrected chi connectivity index (χ1v) is 8.87. The second-order valence-corrected chi connectivity index (χ2v) is 6.64. The van der Waals surface area contributed by atoms with E-state index in [2.05, 4.69) is 20.8 Å². The molecule has 0 atom stereocenters. The number of ether oxygens (including phenoxy) is 2. The fourth-order valence-corrected chi connectivity index (χ4v) is 3.14. The van der Waals surface area contributed by atoms with Crippen LogP contribution in [-0.4, -0.2) is 45.8 Å². The molecule has 2 heterocycles. The largest absolute Gasteiger partial charge is 0.495 e. The first-order chi connectivity index (χ1) is 13.0. The van der Waals surface area contributed by atoms with Crippen LogP contribution in [0.2, 0.25) is 5.02 Å². The summed E-state index contributed by atoms with van der Waals surface area (Å²) in [6.07, 6.45) is 1.36. The number of amides is 1. The van der Waals surface area contributed by atoms with Crippen molar-refractivity contribution in [1.29, 1.82) is 0 Å². The molecule has 0 aliphatic heterocycles. The predicted octanol–water partition coefficient (Wildman–Crippen LogP) is 2.49. The van der Waals surface area contributed by atoms with Gasteiger partial charge in [-0.1, -0.05) is 11.6 Å². The third-order valence-corrected chi connectivity index (χ3v) is 4.81. The van der Waals surface area contributed by atoms with E-state index < -0.39 is 18.5 Å². The molecule has 140 valence electrons. The number of hydrogen-bond acceptors (Lipinski definition) is 8. The summed E-state index contributed by atoms with van der Waals surface area (Å²) >= 11 is 7.20. The average Bonchev–Trinajstić information content (AvgIpc) is 3.33. The van der Waals surface area contributed by atoms with E-state index in [9.17, 15) is 9.59 Å². The molecule has 0 spiro atoms. The molecule has 3 aromatic rings. The summed E-state index contributed by atoms with van der Waals surface area (Å²) in [5.74, 6) is -0.752. The quantitative estimate of drug-likeness (QED) is 0.625. The molecule has 11 heteroatoms. The number of aromatic nitrogens is 4. The standard InChI is InChI=1S/C16H14ClN5O4S/c1-9-5-11(13(25-2)6-10(9)17)19-14(23)7-26-16(24)15-12(3-4-27-15)22-8-18-20-21-22/h3-6,8H,7H2,1-2H3,(H,19,23). The minimum absolute atomic E-state index is 0.287. The molecule has 0 radical (unpaired) electrons. The molecule has 1 N–H and O–H groups in total. The van der Waals surface area contributed by atoms with E-state index in [1.165, 1.54) is 18.1 Å². The summed E-state index contributed by atoms with van der Waals surface area (Å²) in [5, 5.41) is 15.7. The summed E-state index contributed by atoms with van der Waals surface area (Å²) in [6, 6.07) is 4.96. The third kappa shape index (κ3) is 4.23. The number of nitrogens with one attached hydrogen (secondary N) is 1. The Kier molecular flexibility index (Phi) is 5.67. The molecule has 0 saturated heterocycles. The van der Waals surface area contributed by atoms with E-state index >= 15 is 0 Å². The Bertz CT molecular complexity index is 973. The van der Waals surface area contributed by atoms with Crippen molar-refractivity contribution in [2.24, 2.45) is 0 Å². The molecule has 3 rings (SSSR count). The molecule has 0 aliphatic carbocycles. The van der Waals surface area contributed by atoms with Crippen LogP contribution in [0.4, 0.5) is 5.69 Å². The van der Waals surface area contributed by atoms with Crippen LogP contribution < -0.4 is 10.1 Å². The number of rotatable bonds is 6. The minimum Gasteiger partial charge on any atom is -0.495 e. The van der Waals surface area contributed by atoms with Gasteiger partial charge in [-0.3, -0.25) is 4.79 Å². The van der Waals surface area contributed by atoms with Crippen LogP contribution >= 0.6 is 22.9 Å². The molecule has 9 nitrogen and oxygen atoms in total. The second-order valence-electron chi connectivity index (χ2n) is 5.32. The molecular formula is C16H14ClN5O4S. The van der Waals surface area contributed by atoms with Crippen LogP contribution in [-0.2, 0) is 9.53 Å². The summed E-state index contributed by atoms with van der Waals surface area (Å²) in [7, 11) is 1.47. The number of esters is 1. The number of nitrogens with zero attached hydrogens (tertiary/aromatic N) is 4. The van der Waals surface area contributed by atoms with E-state index in [0.717, 1.165) is 16.9 Å². The lowest BCUT2D eigenvalue weighted by molar-refractivity contribution is -0.119. The van der Waals surface area contributed by atoms with Crippen molar-refractivity contribution in [2.75, 3.05) is 19.0 Å². The SMILES string of the molecule is COc1cc(Cl)c(C)cc1NC(=O)COC(=O)c1sccc1-n1cnnn1. The maximum Gasteiger partial charge on any atom is 0.351 e. The van der Waals surface area contributed by atoms with Crippen molar-refractivity contribution < 1.29 is 19.1 Å². The number of methoxy groups -OCH3 is 1. The van der Waals surface area contributed by atoms with Gasteiger partial charge in [0.05, 0.1) is 18.5 Å². The lowest BCUT2D eigenvalue weighted by Gasteiger charge is -2.12. The first-order valence-electron chi connectivity index (χ1n) is 7.61. The zero-order chi connectivity index (χ0) is 19.4. The molecule has 0 bridgehead atoms. The molecule has 2 aromatic heterocycles. The van der Waals surface area contributed by atoms with E-state index in [0.29, 0.717) is 22.1 Å². The van der Waals surface area contributed by atoms with Crippen molar-refractivity contribution in [2.45, 2.75) is 6.92 Å². The maximum atomic E-state index is 12.3. The highest BCUT2D eigenvalue weighted by Gasteiger charge is 2.19. The zero-order valence-electron chi connectivity index (χ0n) is 14.3. The van der Waals surface area contributed by atoms with Crippen LogP contribution in [0.15, 0.2) is 29.9 Å². The van der Waals surface area contributed by atoms with Crippen LogP contribution in [0.1, 0.15) is 15.2 Å². The van der Waals surface area contributed by atoms with Gasteiger partial charge in [0.2, 0.25) is 0 Å². The number of halogens is 1. The summed E-state index contributed by atoms with van der Waals surface area (Å²) in [5.41, 5.74) is 1.69. The number of carbonyl (C=O) groups excluding carboxylic acids is 2. The Balaban J connectivity index is 1.64. The molecular weight excluding hydrogens is 394 g/mol. The van der Waals surface area contributed by atoms with E-state index in [4.69, 9.17) is 21.1 Å². The molecule has 0 unspecified atom stereocenters. The maximum absolute atomic E-state index is 12.3. The van der Waals surface area contributed by atoms with Gasteiger partial charge in [-0.2, -0.15) is 4.68 Å². The van der Waals surface area contributed by atoms with E-state index in [-0.39, 0.29) is 4.88 Å². The Morgan fingerprint density at radius 3 is 2.89 bits per heavy atom. The number of anilines is 1. The topological polar surface area (TPSA) is 108 Å². The Hall–Kier alpha value is -2.98. The lowest BCUT2D eigenvalue weighted by atomic mass is 10.2. The highest BCUT2D eigenvalue weighted by Crippen LogP contribution is 2.31. The van der Waals surface area contributed by atoms with Gasteiger partial charge in [-0.05, 0) is 40.4 Å². The van der Waals surface area contributed by atoms with Gasteiger partial charge in [0.25, 0.3) is 5.91 Å². The van der Waals surface area contributed by atoms with Gasteiger partial charge >= 0.3 is 5.97 Å². The van der Waals surface area contributed by atoms with Crippen molar-refractivity contribution in [3.63, 3.8) is 0 Å². The van der Waals surface area contributed by atoms with Crippen molar-refractivity contribution in [1.82, 2.24) is 20.2 Å². The summed E-state index contributed by atoms with van der Waals surface area (Å²) in [6.45, 7) is 1.34. The van der Waals surface area contributed by atoms with Crippen LogP contribution in [0, 0.1) is 6.92 Å². The zero-order valence-corrected chi connectivity index (χ0v) is 15.9. The summed E-state index contributed by atoms with van der Waals surface area (Å²) < 4.78 is 11.6. The number of carbonyl (C=O) groups is 2. The van der Waals surface area contributed by atoms with Gasteiger partial charge in [-0.15, -0.1) is 16.4 Å². The highest BCUT2D eigenvalue weighted by atomic mass is 35.5. The fraction of sp³-hybridized carbons (Fsp3) is 0.188. The van der Waals surface area contributed by atoms with Crippen LogP contribution in [0.3, 0.4) is 0 Å². The van der Waals surface area contributed by atoms with Crippen molar-refractivity contribution in [3.8, 4) is 11.4 Å². The summed E-state index contributed by atoms with van der Waals surface area (Å²) in [4.78, 5) is 24.7. The molecule has 0 aliphatic rings. The Morgan fingerprint density at radius 1 is 1.37 bits per heavy atom. The van der Waals surface area contributed by atoms with E-state index in [1.54, 1.807) is 30.5 Å². The van der Waals surface area contributed by atoms with Crippen molar-refractivity contribution in [3.05, 3.63) is 45.4 Å². The fourth-order valence-electron chi connectivity index (χ4n) is 2.22. The number of thiophene rings is 1. The van der Waals surface area contributed by atoms with Crippen LogP contribution in [0.25, 0.3) is 5.69 Å². The number of benzene rings is 1. The normalized spacial score (nSPS) is 10.5. The second kappa shape index (κ2) is 8.14.